The van der Waals surface area contributed by atoms with Gasteiger partial charge in [0.05, 0.1) is 12.4 Å². The highest BCUT2D eigenvalue weighted by atomic mass is 16.2. The number of carbonyl (C=O) groups excluding carboxylic acids is 2. The lowest BCUT2D eigenvalue weighted by molar-refractivity contribution is -0.126. The molecule has 2 amide bonds. The van der Waals surface area contributed by atoms with Crippen molar-refractivity contribution in [1.29, 1.82) is 0 Å². The van der Waals surface area contributed by atoms with Crippen molar-refractivity contribution >= 4 is 24.2 Å². The van der Waals surface area contributed by atoms with E-state index in [0.717, 1.165) is 11.1 Å². The zero-order valence-electron chi connectivity index (χ0n) is 18.1. The Morgan fingerprint density at radius 3 is 1.33 bits per heavy atom. The smallest absolute Gasteiger partial charge is 0.240 e. The Hall–Kier alpha value is -3.28. The molecule has 0 atom stereocenters. The second-order valence-corrected chi connectivity index (χ2v) is 7.73. The van der Waals surface area contributed by atoms with Crippen LogP contribution in [0.25, 0.3) is 0 Å². The summed E-state index contributed by atoms with van der Waals surface area (Å²) < 4.78 is 0. The van der Waals surface area contributed by atoms with Gasteiger partial charge in [0.1, 0.15) is 0 Å². The molecule has 2 aromatic rings. The highest BCUT2D eigenvalue weighted by molar-refractivity contribution is 5.86. The molecule has 0 fully saturated rings. The molecule has 158 valence electrons. The van der Waals surface area contributed by atoms with Gasteiger partial charge in [-0.2, -0.15) is 10.2 Å². The van der Waals surface area contributed by atoms with E-state index < -0.39 is 0 Å². The molecule has 0 aliphatic rings. The van der Waals surface area contributed by atoms with Gasteiger partial charge in [-0.25, -0.2) is 10.9 Å². The molecular formula is C24H30N4O2. The summed E-state index contributed by atoms with van der Waals surface area (Å²) >= 11 is 0. The van der Waals surface area contributed by atoms with Gasteiger partial charge in [-0.05, 0) is 34.1 Å². The highest BCUT2D eigenvalue weighted by Crippen LogP contribution is 2.14. The van der Waals surface area contributed by atoms with Gasteiger partial charge in [0.2, 0.25) is 11.8 Å². The van der Waals surface area contributed by atoms with Crippen LogP contribution in [0.4, 0.5) is 0 Å². The van der Waals surface area contributed by atoms with Gasteiger partial charge in [0.25, 0.3) is 0 Å². The molecule has 0 saturated heterocycles. The van der Waals surface area contributed by atoms with Crippen molar-refractivity contribution < 1.29 is 9.59 Å². The Bertz CT molecular complexity index is 807. The molecule has 6 heteroatoms. The van der Waals surface area contributed by atoms with Gasteiger partial charge in [-0.3, -0.25) is 9.59 Å². The van der Waals surface area contributed by atoms with Crippen LogP contribution in [0.3, 0.4) is 0 Å². The molecule has 2 N–H and O–H groups in total. The van der Waals surface area contributed by atoms with Crippen LogP contribution in [0.1, 0.15) is 74.6 Å². The van der Waals surface area contributed by atoms with Crippen molar-refractivity contribution in [3.05, 3.63) is 70.8 Å². The molecular weight excluding hydrogens is 376 g/mol. The summed E-state index contributed by atoms with van der Waals surface area (Å²) in [5.41, 5.74) is 9.15. The zero-order chi connectivity index (χ0) is 21.9. The molecule has 0 heterocycles. The average molecular weight is 407 g/mol. The standard InChI is InChI=1S/C24H30N4O2/c1-17(2)21-9-5-19(6-10-21)15-25-27-23(29)13-14-24(30)28-26-16-20-7-11-22(12-8-20)18(3)4/h5-12,15-18H,13-14H2,1-4H3,(H,27,29)(H,28,30). The molecule has 6 nitrogen and oxygen atoms in total. The number of nitrogens with one attached hydrogen (secondary N) is 2. The summed E-state index contributed by atoms with van der Waals surface area (Å²) in [6.07, 6.45) is 3.23. The number of rotatable bonds is 9. The largest absolute Gasteiger partial charge is 0.273 e. The number of amides is 2. The van der Waals surface area contributed by atoms with E-state index in [4.69, 9.17) is 0 Å². The minimum absolute atomic E-state index is 0.0358. The summed E-state index contributed by atoms with van der Waals surface area (Å²) in [7, 11) is 0. The molecule has 0 aliphatic carbocycles. The summed E-state index contributed by atoms with van der Waals surface area (Å²) in [4.78, 5) is 23.6. The Morgan fingerprint density at radius 2 is 1.03 bits per heavy atom. The predicted molar refractivity (Wildman–Crippen MR) is 122 cm³/mol. The van der Waals surface area contributed by atoms with Crippen molar-refractivity contribution in [2.45, 2.75) is 52.4 Å². The minimum atomic E-state index is -0.326. The number of nitrogens with zero attached hydrogens (tertiary/aromatic N) is 2. The first-order valence-corrected chi connectivity index (χ1v) is 10.2. The Morgan fingerprint density at radius 1 is 0.700 bits per heavy atom. The number of carbonyl (C=O) groups is 2. The summed E-state index contributed by atoms with van der Waals surface area (Å²) in [6.45, 7) is 8.53. The Labute approximate surface area is 178 Å². The fourth-order valence-electron chi connectivity index (χ4n) is 2.63. The van der Waals surface area contributed by atoms with Crippen molar-refractivity contribution in [2.24, 2.45) is 10.2 Å². The lowest BCUT2D eigenvalue weighted by Gasteiger charge is -2.04. The Kier molecular flexibility index (Phi) is 8.94. The number of hydrogen-bond acceptors (Lipinski definition) is 4. The second-order valence-electron chi connectivity index (χ2n) is 7.73. The highest BCUT2D eigenvalue weighted by Gasteiger charge is 2.05. The number of hydrogen-bond donors (Lipinski definition) is 2. The van der Waals surface area contributed by atoms with Crippen LogP contribution in [-0.4, -0.2) is 24.2 Å². The quantitative estimate of drug-likeness (QED) is 0.480. The summed E-state index contributed by atoms with van der Waals surface area (Å²) in [5, 5.41) is 7.86. The molecule has 0 aliphatic heterocycles. The monoisotopic (exact) mass is 406 g/mol. The lowest BCUT2D eigenvalue weighted by atomic mass is 10.0. The van der Waals surface area contributed by atoms with E-state index in [1.54, 1.807) is 12.4 Å². The van der Waals surface area contributed by atoms with E-state index in [0.29, 0.717) is 11.8 Å². The summed E-state index contributed by atoms with van der Waals surface area (Å²) in [6, 6.07) is 16.0. The van der Waals surface area contributed by atoms with Gasteiger partial charge in [-0.15, -0.1) is 0 Å². The fourth-order valence-corrected chi connectivity index (χ4v) is 2.63. The maximum atomic E-state index is 11.8. The molecule has 0 saturated carbocycles. The van der Waals surface area contributed by atoms with Crippen molar-refractivity contribution in [2.75, 3.05) is 0 Å². The van der Waals surface area contributed by atoms with Gasteiger partial charge in [0, 0.05) is 12.8 Å². The molecule has 0 radical (unpaired) electrons. The van der Waals surface area contributed by atoms with E-state index >= 15 is 0 Å². The van der Waals surface area contributed by atoms with Crippen LogP contribution in [-0.2, 0) is 9.59 Å². The molecule has 30 heavy (non-hydrogen) atoms. The van der Waals surface area contributed by atoms with Gasteiger partial charge < -0.3 is 0 Å². The van der Waals surface area contributed by atoms with E-state index in [9.17, 15) is 9.59 Å². The second kappa shape index (κ2) is 11.7. The van der Waals surface area contributed by atoms with Crippen LogP contribution >= 0.6 is 0 Å². The maximum absolute atomic E-state index is 11.8. The first kappa shape index (κ1) is 23.0. The van der Waals surface area contributed by atoms with Crippen LogP contribution in [0.15, 0.2) is 58.7 Å². The van der Waals surface area contributed by atoms with Crippen molar-refractivity contribution in [3.63, 3.8) is 0 Å². The van der Waals surface area contributed by atoms with Crippen LogP contribution < -0.4 is 10.9 Å². The molecule has 0 aromatic heterocycles. The zero-order valence-corrected chi connectivity index (χ0v) is 18.1. The lowest BCUT2D eigenvalue weighted by Crippen LogP contribution is -2.22. The summed E-state index contributed by atoms with van der Waals surface area (Å²) in [5.74, 6) is 0.287. The third-order valence-corrected chi connectivity index (χ3v) is 4.59. The van der Waals surface area contributed by atoms with E-state index in [1.807, 2.05) is 48.5 Å². The average Bonchev–Trinajstić information content (AvgIpc) is 2.73. The van der Waals surface area contributed by atoms with Crippen molar-refractivity contribution in [1.82, 2.24) is 10.9 Å². The predicted octanol–water partition coefficient (Wildman–Crippen LogP) is 4.31. The van der Waals surface area contributed by atoms with Crippen LogP contribution in [0.5, 0.6) is 0 Å². The molecule has 0 spiro atoms. The normalized spacial score (nSPS) is 11.5. The van der Waals surface area contributed by atoms with E-state index in [2.05, 4.69) is 48.7 Å². The fraction of sp³-hybridized carbons (Fsp3) is 0.333. The molecule has 0 bridgehead atoms. The Balaban J connectivity index is 1.69. The van der Waals surface area contributed by atoms with Gasteiger partial charge in [-0.1, -0.05) is 76.2 Å². The first-order valence-electron chi connectivity index (χ1n) is 10.2. The molecule has 0 unspecified atom stereocenters. The molecule has 2 rings (SSSR count). The van der Waals surface area contributed by atoms with Crippen molar-refractivity contribution in [3.8, 4) is 0 Å². The first-order chi connectivity index (χ1) is 14.3. The van der Waals surface area contributed by atoms with E-state index in [1.165, 1.54) is 11.1 Å². The SMILES string of the molecule is CC(C)c1ccc(C=NNC(=O)CCC(=O)NN=Cc2ccc(C(C)C)cc2)cc1. The molecule has 2 aromatic carbocycles. The maximum Gasteiger partial charge on any atom is 0.240 e. The van der Waals surface area contributed by atoms with Gasteiger partial charge >= 0.3 is 0 Å². The topological polar surface area (TPSA) is 82.9 Å². The minimum Gasteiger partial charge on any atom is -0.273 e. The third-order valence-electron chi connectivity index (χ3n) is 4.59. The van der Waals surface area contributed by atoms with Gasteiger partial charge in [0.15, 0.2) is 0 Å². The van der Waals surface area contributed by atoms with E-state index in [-0.39, 0.29) is 24.7 Å². The van der Waals surface area contributed by atoms with Crippen LogP contribution in [0.2, 0.25) is 0 Å². The van der Waals surface area contributed by atoms with Crippen LogP contribution in [0, 0.1) is 0 Å². The number of hydrazone groups is 2. The number of benzene rings is 2. The third kappa shape index (κ3) is 7.99.